The Balaban J connectivity index is 3.56. The first-order valence-corrected chi connectivity index (χ1v) is 4.56. The van der Waals surface area contributed by atoms with Gasteiger partial charge in [-0.25, -0.2) is 4.79 Å². The van der Waals surface area contributed by atoms with E-state index in [2.05, 4.69) is 37.8 Å². The maximum atomic E-state index is 10.6. The maximum Gasteiger partial charge on any atom is 0.406 e. The van der Waals surface area contributed by atoms with E-state index < -0.39 is 6.09 Å². The minimum Gasteiger partial charge on any atom is -0.453 e. The molecule has 0 aromatic carbocycles. The number of carbonyl (C=O) groups is 1. The van der Waals surface area contributed by atoms with Crippen molar-refractivity contribution in [3.05, 3.63) is 0 Å². The van der Waals surface area contributed by atoms with E-state index in [-0.39, 0.29) is 4.83 Å². The summed E-state index contributed by atoms with van der Waals surface area (Å²) in [6, 6.07) is 0. The van der Waals surface area contributed by atoms with Crippen LogP contribution in [0.15, 0.2) is 0 Å². The predicted octanol–water partition coefficient (Wildman–Crippen LogP) is 1.52. The van der Waals surface area contributed by atoms with E-state index in [4.69, 9.17) is 0 Å². The number of alkyl carbamates (subject to hydrolysis) is 1. The molecule has 0 fully saturated rings. The molecule has 4 heteroatoms. The fourth-order valence-corrected chi connectivity index (χ4v) is 0.833. The van der Waals surface area contributed by atoms with Crippen LogP contribution >= 0.6 is 15.9 Å². The molecule has 12 heavy (non-hydrogen) atoms. The van der Waals surface area contributed by atoms with E-state index >= 15 is 0 Å². The van der Waals surface area contributed by atoms with E-state index in [1.165, 1.54) is 7.11 Å². The van der Waals surface area contributed by atoms with Crippen molar-refractivity contribution in [1.82, 2.24) is 5.32 Å². The third kappa shape index (κ3) is 6.05. The number of rotatable bonds is 2. The van der Waals surface area contributed by atoms with Gasteiger partial charge in [0.2, 0.25) is 0 Å². The third-order valence-corrected chi connectivity index (χ3v) is 1.60. The van der Waals surface area contributed by atoms with Gasteiger partial charge in [0.05, 0.1) is 11.9 Å². The fraction of sp³-hybridized carbons (Fsp3) is 0.625. The topological polar surface area (TPSA) is 38.3 Å². The molecule has 0 rings (SSSR count). The number of nitrogens with one attached hydrogen (secondary N) is 1. The first-order chi connectivity index (χ1) is 5.70. The molecule has 0 aliphatic carbocycles. The summed E-state index contributed by atoms with van der Waals surface area (Å²) < 4.78 is 4.39. The average Bonchev–Trinajstić information content (AvgIpc) is 2.10. The largest absolute Gasteiger partial charge is 0.453 e. The standard InChI is InChI=1S/C8H12BrNO2/c1-3-4-5-7(9)6-10-8(11)12-2/h7H,3,6H2,1-2H3,(H,10,11). The van der Waals surface area contributed by atoms with Gasteiger partial charge in [0.25, 0.3) is 0 Å². The summed E-state index contributed by atoms with van der Waals surface area (Å²) in [5.74, 6) is 5.81. The Labute approximate surface area is 81.0 Å². The molecule has 0 aromatic rings. The molecule has 0 aliphatic heterocycles. The van der Waals surface area contributed by atoms with Crippen molar-refractivity contribution in [2.45, 2.75) is 18.2 Å². The second-order valence-electron chi connectivity index (χ2n) is 2.01. The van der Waals surface area contributed by atoms with E-state index in [0.717, 1.165) is 6.42 Å². The first kappa shape index (κ1) is 11.3. The predicted molar refractivity (Wildman–Crippen MR) is 51.2 cm³/mol. The molecule has 0 aliphatic rings. The molecule has 1 unspecified atom stereocenters. The molecule has 0 bridgehead atoms. The molecule has 0 saturated heterocycles. The first-order valence-electron chi connectivity index (χ1n) is 3.65. The summed E-state index contributed by atoms with van der Waals surface area (Å²) in [5, 5.41) is 2.53. The molecular formula is C8H12BrNO2. The molecule has 3 nitrogen and oxygen atoms in total. The number of methoxy groups -OCH3 is 1. The minimum absolute atomic E-state index is 0.00319. The van der Waals surface area contributed by atoms with Crippen LogP contribution in [-0.2, 0) is 4.74 Å². The quantitative estimate of drug-likeness (QED) is 0.581. The molecule has 0 spiro atoms. The number of ether oxygens (including phenoxy) is 1. The van der Waals surface area contributed by atoms with E-state index in [1.807, 2.05) is 6.92 Å². The van der Waals surface area contributed by atoms with Crippen molar-refractivity contribution in [2.24, 2.45) is 0 Å². The molecule has 0 heterocycles. The summed E-state index contributed by atoms with van der Waals surface area (Å²) in [4.78, 5) is 10.6. The Hall–Kier alpha value is -0.690. The van der Waals surface area contributed by atoms with Crippen molar-refractivity contribution in [3.63, 3.8) is 0 Å². The van der Waals surface area contributed by atoms with Crippen LogP contribution in [0, 0.1) is 11.8 Å². The van der Waals surface area contributed by atoms with Gasteiger partial charge >= 0.3 is 6.09 Å². The van der Waals surface area contributed by atoms with Gasteiger partial charge in [-0.05, 0) is 0 Å². The fourth-order valence-electron chi connectivity index (χ4n) is 0.509. The van der Waals surface area contributed by atoms with Crippen LogP contribution in [0.3, 0.4) is 0 Å². The minimum atomic E-state index is -0.433. The van der Waals surface area contributed by atoms with Crippen molar-refractivity contribution < 1.29 is 9.53 Å². The smallest absolute Gasteiger partial charge is 0.406 e. The lowest BCUT2D eigenvalue weighted by Crippen LogP contribution is -2.28. The van der Waals surface area contributed by atoms with E-state index in [1.54, 1.807) is 0 Å². The Bertz CT molecular complexity index is 195. The maximum absolute atomic E-state index is 10.6. The molecule has 0 radical (unpaired) electrons. The van der Waals surface area contributed by atoms with Gasteiger partial charge in [0.1, 0.15) is 0 Å². The number of amides is 1. The summed E-state index contributed by atoms with van der Waals surface area (Å²) in [6.45, 7) is 2.43. The number of carbonyl (C=O) groups excluding carboxylic acids is 1. The zero-order valence-electron chi connectivity index (χ0n) is 7.19. The summed E-state index contributed by atoms with van der Waals surface area (Å²) in [5.41, 5.74) is 0. The Morgan fingerprint density at radius 3 is 2.92 bits per heavy atom. The molecule has 0 aromatic heterocycles. The zero-order chi connectivity index (χ0) is 9.40. The van der Waals surface area contributed by atoms with Gasteiger partial charge < -0.3 is 10.1 Å². The third-order valence-electron chi connectivity index (χ3n) is 1.05. The van der Waals surface area contributed by atoms with Crippen LogP contribution < -0.4 is 5.32 Å². The van der Waals surface area contributed by atoms with Gasteiger partial charge in [-0.2, -0.15) is 0 Å². The van der Waals surface area contributed by atoms with Crippen LogP contribution in [0.1, 0.15) is 13.3 Å². The SMILES string of the molecule is CCC#CC(Br)CNC(=O)OC. The van der Waals surface area contributed by atoms with Crippen molar-refractivity contribution >= 4 is 22.0 Å². The van der Waals surface area contributed by atoms with Crippen LogP contribution in [0.25, 0.3) is 0 Å². The molecule has 1 atom stereocenters. The number of halogens is 1. The zero-order valence-corrected chi connectivity index (χ0v) is 8.77. The lowest BCUT2D eigenvalue weighted by molar-refractivity contribution is 0.171. The van der Waals surface area contributed by atoms with Gasteiger partial charge in [0.15, 0.2) is 0 Å². The highest BCUT2D eigenvalue weighted by atomic mass is 79.9. The second kappa shape index (κ2) is 6.99. The van der Waals surface area contributed by atoms with Crippen LogP contribution in [0.5, 0.6) is 0 Å². The van der Waals surface area contributed by atoms with Gasteiger partial charge in [-0.3, -0.25) is 0 Å². The highest BCUT2D eigenvalue weighted by Crippen LogP contribution is 1.95. The monoisotopic (exact) mass is 233 g/mol. The Morgan fingerprint density at radius 2 is 2.42 bits per heavy atom. The van der Waals surface area contributed by atoms with E-state index in [9.17, 15) is 4.79 Å². The van der Waals surface area contributed by atoms with Crippen LogP contribution in [0.2, 0.25) is 0 Å². The second-order valence-corrected chi connectivity index (χ2v) is 3.12. The molecule has 1 amide bonds. The lowest BCUT2D eigenvalue weighted by Gasteiger charge is -2.03. The molecule has 1 N–H and O–H groups in total. The highest BCUT2D eigenvalue weighted by molar-refractivity contribution is 9.09. The normalized spacial score (nSPS) is 10.9. The van der Waals surface area contributed by atoms with Crippen LogP contribution in [0.4, 0.5) is 4.79 Å². The van der Waals surface area contributed by atoms with Gasteiger partial charge in [-0.15, -0.1) is 5.92 Å². The lowest BCUT2D eigenvalue weighted by atomic mass is 10.4. The van der Waals surface area contributed by atoms with Gasteiger partial charge in [-0.1, -0.05) is 28.8 Å². The molecular weight excluding hydrogens is 222 g/mol. The van der Waals surface area contributed by atoms with Crippen LogP contribution in [-0.4, -0.2) is 24.6 Å². The summed E-state index contributed by atoms with van der Waals surface area (Å²) in [7, 11) is 1.33. The molecule has 0 saturated carbocycles. The number of hydrogen-bond acceptors (Lipinski definition) is 2. The van der Waals surface area contributed by atoms with Crippen molar-refractivity contribution in [1.29, 1.82) is 0 Å². The number of alkyl halides is 1. The van der Waals surface area contributed by atoms with E-state index in [0.29, 0.717) is 6.54 Å². The number of hydrogen-bond donors (Lipinski definition) is 1. The van der Waals surface area contributed by atoms with Crippen molar-refractivity contribution in [3.8, 4) is 11.8 Å². The summed E-state index contributed by atoms with van der Waals surface area (Å²) in [6.07, 6.45) is 0.387. The highest BCUT2D eigenvalue weighted by Gasteiger charge is 2.01. The van der Waals surface area contributed by atoms with Gasteiger partial charge in [0, 0.05) is 13.0 Å². The van der Waals surface area contributed by atoms with Crippen molar-refractivity contribution in [2.75, 3.05) is 13.7 Å². The average molecular weight is 234 g/mol. The molecule has 68 valence electrons. The summed E-state index contributed by atoms with van der Waals surface area (Å²) >= 11 is 3.29. The Morgan fingerprint density at radius 1 is 1.75 bits per heavy atom. The Kier molecular flexibility index (Phi) is 6.58.